The summed E-state index contributed by atoms with van der Waals surface area (Å²) in [6, 6.07) is 7.71. The first-order valence-corrected chi connectivity index (χ1v) is 8.44. The fourth-order valence-electron chi connectivity index (χ4n) is 2.38. The lowest BCUT2D eigenvalue weighted by atomic mass is 9.95. The highest BCUT2D eigenvalue weighted by molar-refractivity contribution is 7.91. The molecule has 106 valence electrons. The van der Waals surface area contributed by atoms with Crippen LogP contribution in [-0.2, 0) is 9.84 Å². The molecule has 0 spiro atoms. The van der Waals surface area contributed by atoms with Gasteiger partial charge >= 0.3 is 0 Å². The van der Waals surface area contributed by atoms with Crippen molar-refractivity contribution < 1.29 is 13.2 Å². The smallest absolute Gasteiger partial charge is 0.150 e. The fraction of sp³-hybridized carbons (Fsp3) is 0.571. The first kappa shape index (κ1) is 14.3. The first-order valence-electron chi connectivity index (χ1n) is 6.62. The van der Waals surface area contributed by atoms with Crippen molar-refractivity contribution in [2.75, 3.05) is 18.1 Å². The number of ether oxygens (including phenoxy) is 1. The van der Waals surface area contributed by atoms with Crippen molar-refractivity contribution in [3.8, 4) is 5.75 Å². The van der Waals surface area contributed by atoms with Crippen LogP contribution in [0.15, 0.2) is 24.3 Å². The molecular weight excluding hydrogens is 262 g/mol. The molecule has 1 atom stereocenters. The third-order valence-corrected chi connectivity index (χ3v) is 5.45. The van der Waals surface area contributed by atoms with Gasteiger partial charge in [0.25, 0.3) is 0 Å². The van der Waals surface area contributed by atoms with Crippen molar-refractivity contribution in [2.24, 2.45) is 11.7 Å². The molecule has 1 aromatic rings. The van der Waals surface area contributed by atoms with E-state index in [1.165, 1.54) is 0 Å². The van der Waals surface area contributed by atoms with Gasteiger partial charge in [-0.3, -0.25) is 0 Å². The Kier molecular flexibility index (Phi) is 4.47. The van der Waals surface area contributed by atoms with Crippen LogP contribution >= 0.6 is 0 Å². The molecule has 2 N–H and O–H groups in total. The Balaban J connectivity index is 1.85. The second-order valence-electron chi connectivity index (χ2n) is 5.23. The maximum atomic E-state index is 11.4. The number of nitrogens with two attached hydrogens (primary N) is 1. The van der Waals surface area contributed by atoms with E-state index in [9.17, 15) is 8.42 Å². The van der Waals surface area contributed by atoms with Gasteiger partial charge in [-0.1, -0.05) is 18.2 Å². The Morgan fingerprint density at radius 1 is 1.32 bits per heavy atom. The van der Waals surface area contributed by atoms with Crippen LogP contribution in [0.4, 0.5) is 0 Å². The van der Waals surface area contributed by atoms with Gasteiger partial charge in [-0.25, -0.2) is 8.42 Å². The van der Waals surface area contributed by atoms with Crippen molar-refractivity contribution in [3.05, 3.63) is 29.8 Å². The number of aryl methyl sites for hydroxylation is 1. The van der Waals surface area contributed by atoms with Gasteiger partial charge < -0.3 is 10.5 Å². The van der Waals surface area contributed by atoms with Gasteiger partial charge in [0.05, 0.1) is 11.5 Å². The van der Waals surface area contributed by atoms with E-state index in [0.717, 1.165) is 11.3 Å². The lowest BCUT2D eigenvalue weighted by molar-refractivity contribution is 0.236. The lowest BCUT2D eigenvalue weighted by Crippen LogP contribution is -2.40. The summed E-state index contributed by atoms with van der Waals surface area (Å²) in [6.45, 7) is 2.43. The SMILES string of the molecule is Cc1ccccc1OCC(N)C1CCS(=O)(=O)CC1. The van der Waals surface area contributed by atoms with Gasteiger partial charge in [0, 0.05) is 6.04 Å². The Morgan fingerprint density at radius 2 is 1.95 bits per heavy atom. The van der Waals surface area contributed by atoms with E-state index in [1.54, 1.807) is 0 Å². The molecule has 1 fully saturated rings. The zero-order valence-electron chi connectivity index (χ0n) is 11.2. The number of rotatable bonds is 4. The standard InChI is InChI=1S/C14H21NO3S/c1-11-4-2-3-5-14(11)18-10-13(15)12-6-8-19(16,17)9-7-12/h2-5,12-13H,6-10,15H2,1H3. The van der Waals surface area contributed by atoms with Crippen molar-refractivity contribution in [1.82, 2.24) is 0 Å². The van der Waals surface area contributed by atoms with E-state index < -0.39 is 9.84 Å². The molecule has 0 aliphatic carbocycles. The minimum absolute atomic E-state index is 0.102. The van der Waals surface area contributed by atoms with Crippen LogP contribution in [-0.4, -0.2) is 32.6 Å². The molecule has 0 radical (unpaired) electrons. The average Bonchev–Trinajstić information content (AvgIpc) is 2.37. The van der Waals surface area contributed by atoms with Gasteiger partial charge in [-0.2, -0.15) is 0 Å². The summed E-state index contributed by atoms with van der Waals surface area (Å²) >= 11 is 0. The van der Waals surface area contributed by atoms with Crippen molar-refractivity contribution in [1.29, 1.82) is 0 Å². The van der Waals surface area contributed by atoms with Crippen molar-refractivity contribution in [2.45, 2.75) is 25.8 Å². The number of hydrogen-bond acceptors (Lipinski definition) is 4. The minimum Gasteiger partial charge on any atom is -0.492 e. The molecule has 1 saturated heterocycles. The zero-order valence-corrected chi connectivity index (χ0v) is 12.0. The number of sulfone groups is 1. The van der Waals surface area contributed by atoms with Gasteiger partial charge in [0.1, 0.15) is 22.2 Å². The maximum absolute atomic E-state index is 11.4. The van der Waals surface area contributed by atoms with E-state index in [2.05, 4.69) is 0 Å². The average molecular weight is 283 g/mol. The molecule has 4 nitrogen and oxygen atoms in total. The van der Waals surface area contributed by atoms with Gasteiger partial charge in [0.15, 0.2) is 0 Å². The highest BCUT2D eigenvalue weighted by Gasteiger charge is 2.28. The number of benzene rings is 1. The third kappa shape index (κ3) is 3.94. The molecule has 1 aliphatic rings. The Labute approximate surface area is 114 Å². The monoisotopic (exact) mass is 283 g/mol. The largest absolute Gasteiger partial charge is 0.492 e. The van der Waals surface area contributed by atoms with E-state index in [-0.39, 0.29) is 23.5 Å². The normalized spacial score (nSPS) is 20.9. The van der Waals surface area contributed by atoms with Crippen LogP contribution in [0, 0.1) is 12.8 Å². The van der Waals surface area contributed by atoms with E-state index in [1.807, 2.05) is 31.2 Å². The summed E-state index contributed by atoms with van der Waals surface area (Å²) in [5.41, 5.74) is 7.20. The number of para-hydroxylation sites is 1. The van der Waals surface area contributed by atoms with E-state index in [4.69, 9.17) is 10.5 Å². The van der Waals surface area contributed by atoms with Gasteiger partial charge in [-0.15, -0.1) is 0 Å². The predicted octanol–water partition coefficient (Wildman–Crippen LogP) is 1.53. The molecule has 0 saturated carbocycles. The maximum Gasteiger partial charge on any atom is 0.150 e. The summed E-state index contributed by atoms with van der Waals surface area (Å²) in [5.74, 6) is 1.61. The zero-order chi connectivity index (χ0) is 13.9. The molecular formula is C14H21NO3S. The van der Waals surface area contributed by atoms with E-state index in [0.29, 0.717) is 19.4 Å². The van der Waals surface area contributed by atoms with E-state index >= 15 is 0 Å². The lowest BCUT2D eigenvalue weighted by Gasteiger charge is -2.27. The topological polar surface area (TPSA) is 69.4 Å². The van der Waals surface area contributed by atoms with Crippen LogP contribution in [0.25, 0.3) is 0 Å². The van der Waals surface area contributed by atoms with Crippen molar-refractivity contribution >= 4 is 9.84 Å². The molecule has 1 unspecified atom stereocenters. The van der Waals surface area contributed by atoms with Crippen LogP contribution in [0.3, 0.4) is 0 Å². The van der Waals surface area contributed by atoms with Gasteiger partial charge in [0.2, 0.25) is 0 Å². The molecule has 2 rings (SSSR count). The molecule has 0 aromatic heterocycles. The molecule has 5 heteroatoms. The van der Waals surface area contributed by atoms with Crippen LogP contribution in [0.2, 0.25) is 0 Å². The second kappa shape index (κ2) is 5.92. The minimum atomic E-state index is -2.82. The molecule has 1 aliphatic heterocycles. The molecule has 0 bridgehead atoms. The summed E-state index contributed by atoms with van der Waals surface area (Å²) < 4.78 is 28.5. The quantitative estimate of drug-likeness (QED) is 0.909. The molecule has 1 aromatic carbocycles. The molecule has 0 amide bonds. The Hall–Kier alpha value is -1.07. The summed E-state index contributed by atoms with van der Waals surface area (Å²) in [7, 11) is -2.82. The summed E-state index contributed by atoms with van der Waals surface area (Å²) in [6.07, 6.45) is 1.31. The third-order valence-electron chi connectivity index (χ3n) is 3.73. The highest BCUT2D eigenvalue weighted by Crippen LogP contribution is 2.22. The summed E-state index contributed by atoms with van der Waals surface area (Å²) in [5, 5.41) is 0. The highest BCUT2D eigenvalue weighted by atomic mass is 32.2. The van der Waals surface area contributed by atoms with Crippen LogP contribution in [0.1, 0.15) is 18.4 Å². The number of hydrogen-bond donors (Lipinski definition) is 1. The second-order valence-corrected chi connectivity index (χ2v) is 7.53. The fourth-order valence-corrected chi connectivity index (χ4v) is 3.90. The Morgan fingerprint density at radius 3 is 2.58 bits per heavy atom. The molecule has 1 heterocycles. The predicted molar refractivity (Wildman–Crippen MR) is 76.0 cm³/mol. The molecule has 19 heavy (non-hydrogen) atoms. The van der Waals surface area contributed by atoms with Crippen LogP contribution < -0.4 is 10.5 Å². The Bertz CT molecular complexity index is 513. The summed E-state index contributed by atoms with van der Waals surface area (Å²) in [4.78, 5) is 0. The first-order chi connectivity index (χ1) is 8.98. The van der Waals surface area contributed by atoms with Crippen LogP contribution in [0.5, 0.6) is 5.75 Å². The van der Waals surface area contributed by atoms with Gasteiger partial charge in [-0.05, 0) is 37.3 Å². The van der Waals surface area contributed by atoms with Crippen molar-refractivity contribution in [3.63, 3.8) is 0 Å².